The van der Waals surface area contributed by atoms with Crippen LogP contribution in [0.2, 0.25) is 0 Å². The van der Waals surface area contributed by atoms with Crippen LogP contribution in [0.5, 0.6) is 0 Å². The Morgan fingerprint density at radius 3 is 1.91 bits per heavy atom. The highest BCUT2D eigenvalue weighted by molar-refractivity contribution is 5.81. The van der Waals surface area contributed by atoms with Crippen LogP contribution in [0.4, 0.5) is 0 Å². The molecule has 204 valence electrons. The molecule has 0 saturated carbocycles. The maximum atomic E-state index is 12.2. The van der Waals surface area contributed by atoms with E-state index in [1.165, 1.54) is 51.4 Å². The van der Waals surface area contributed by atoms with Crippen molar-refractivity contribution in [2.24, 2.45) is 5.41 Å². The zero-order chi connectivity index (χ0) is 26.0. The highest BCUT2D eigenvalue weighted by atomic mass is 16.6. The molecule has 0 aromatic carbocycles. The molecular formula is C29H52O6. The summed E-state index contributed by atoms with van der Waals surface area (Å²) in [4.78, 5) is 34.2. The fourth-order valence-corrected chi connectivity index (χ4v) is 3.85. The molecule has 0 heterocycles. The predicted octanol–water partition coefficient (Wildman–Crippen LogP) is 7.13. The van der Waals surface area contributed by atoms with Gasteiger partial charge in [-0.2, -0.15) is 0 Å². The first-order valence-corrected chi connectivity index (χ1v) is 14.0. The normalized spacial score (nSPS) is 12.6. The largest absolute Gasteiger partial charge is 0.465 e. The number of rotatable bonds is 26. The number of aldehydes is 1. The van der Waals surface area contributed by atoms with Gasteiger partial charge in [-0.15, -0.1) is 0 Å². The summed E-state index contributed by atoms with van der Waals surface area (Å²) in [7, 11) is 0. The predicted molar refractivity (Wildman–Crippen MR) is 141 cm³/mol. The van der Waals surface area contributed by atoms with E-state index in [1.807, 2.05) is 6.92 Å². The lowest BCUT2D eigenvalue weighted by atomic mass is 9.88. The van der Waals surface area contributed by atoms with Crippen LogP contribution in [0.1, 0.15) is 123 Å². The number of hydrogen-bond donors (Lipinski definition) is 0. The van der Waals surface area contributed by atoms with Crippen molar-refractivity contribution in [1.29, 1.82) is 0 Å². The minimum atomic E-state index is -0.559. The zero-order valence-electron chi connectivity index (χ0n) is 22.7. The van der Waals surface area contributed by atoms with Gasteiger partial charge < -0.3 is 19.0 Å². The first-order chi connectivity index (χ1) is 17.0. The van der Waals surface area contributed by atoms with E-state index in [-0.39, 0.29) is 19.2 Å². The molecule has 0 aliphatic carbocycles. The van der Waals surface area contributed by atoms with Crippen LogP contribution in [0.3, 0.4) is 0 Å². The van der Waals surface area contributed by atoms with Crippen molar-refractivity contribution in [3.63, 3.8) is 0 Å². The SMILES string of the molecule is C=CC(=O)OCC(CC)(COCCCCCCCCCCCC)COC(=O)CCCCCCC=O. The molecule has 0 bridgehead atoms. The molecule has 1 atom stereocenters. The number of carbonyl (C=O) groups excluding carboxylic acids is 3. The minimum absolute atomic E-state index is 0.130. The Morgan fingerprint density at radius 2 is 1.31 bits per heavy atom. The second-order valence-electron chi connectivity index (χ2n) is 9.68. The quantitative estimate of drug-likeness (QED) is 0.0548. The van der Waals surface area contributed by atoms with Crippen LogP contribution in [-0.2, 0) is 28.6 Å². The lowest BCUT2D eigenvalue weighted by molar-refractivity contribution is -0.155. The van der Waals surface area contributed by atoms with Gasteiger partial charge in [0.25, 0.3) is 0 Å². The molecule has 0 aliphatic rings. The summed E-state index contributed by atoms with van der Waals surface area (Å²) < 4.78 is 16.8. The van der Waals surface area contributed by atoms with Gasteiger partial charge in [0.1, 0.15) is 19.5 Å². The van der Waals surface area contributed by atoms with E-state index < -0.39 is 11.4 Å². The van der Waals surface area contributed by atoms with E-state index in [0.29, 0.717) is 32.5 Å². The summed E-state index contributed by atoms with van der Waals surface area (Å²) >= 11 is 0. The van der Waals surface area contributed by atoms with Crippen LogP contribution in [0, 0.1) is 5.41 Å². The lowest BCUT2D eigenvalue weighted by Crippen LogP contribution is -2.38. The number of unbranched alkanes of at least 4 members (excludes halogenated alkanes) is 13. The van der Waals surface area contributed by atoms with Gasteiger partial charge in [0.15, 0.2) is 0 Å². The van der Waals surface area contributed by atoms with Gasteiger partial charge in [-0.3, -0.25) is 4.79 Å². The Bertz CT molecular complexity index is 547. The van der Waals surface area contributed by atoms with Gasteiger partial charge in [0.05, 0.1) is 12.0 Å². The molecule has 35 heavy (non-hydrogen) atoms. The van der Waals surface area contributed by atoms with E-state index in [1.54, 1.807) is 0 Å². The van der Waals surface area contributed by atoms with Crippen LogP contribution >= 0.6 is 0 Å². The molecule has 0 aromatic heterocycles. The molecule has 0 amide bonds. The van der Waals surface area contributed by atoms with Crippen molar-refractivity contribution in [2.75, 3.05) is 26.4 Å². The van der Waals surface area contributed by atoms with Crippen molar-refractivity contribution in [3.05, 3.63) is 12.7 Å². The van der Waals surface area contributed by atoms with Crippen LogP contribution < -0.4 is 0 Å². The Balaban J connectivity index is 4.27. The maximum absolute atomic E-state index is 12.2. The van der Waals surface area contributed by atoms with Gasteiger partial charge in [0.2, 0.25) is 0 Å². The van der Waals surface area contributed by atoms with Gasteiger partial charge in [-0.1, -0.05) is 91.1 Å². The highest BCUT2D eigenvalue weighted by Gasteiger charge is 2.32. The summed E-state index contributed by atoms with van der Waals surface area (Å²) in [6, 6.07) is 0. The number of ether oxygens (including phenoxy) is 3. The summed E-state index contributed by atoms with van der Waals surface area (Å²) in [6.45, 7) is 9.01. The summed E-state index contributed by atoms with van der Waals surface area (Å²) in [5.41, 5.74) is -0.559. The van der Waals surface area contributed by atoms with E-state index in [2.05, 4.69) is 13.5 Å². The van der Waals surface area contributed by atoms with Crippen molar-refractivity contribution in [2.45, 2.75) is 123 Å². The third kappa shape index (κ3) is 20.2. The second kappa shape index (κ2) is 24.0. The maximum Gasteiger partial charge on any atom is 0.330 e. The first-order valence-electron chi connectivity index (χ1n) is 14.0. The zero-order valence-corrected chi connectivity index (χ0v) is 22.7. The van der Waals surface area contributed by atoms with E-state index in [0.717, 1.165) is 50.9 Å². The minimum Gasteiger partial charge on any atom is -0.465 e. The van der Waals surface area contributed by atoms with Crippen LogP contribution in [0.25, 0.3) is 0 Å². The molecule has 0 N–H and O–H groups in total. The van der Waals surface area contributed by atoms with Crippen LogP contribution in [0.15, 0.2) is 12.7 Å². The van der Waals surface area contributed by atoms with Crippen LogP contribution in [-0.4, -0.2) is 44.7 Å². The number of carbonyl (C=O) groups is 3. The number of esters is 2. The third-order valence-electron chi connectivity index (χ3n) is 6.48. The molecule has 0 spiro atoms. The fourth-order valence-electron chi connectivity index (χ4n) is 3.85. The molecule has 1 unspecified atom stereocenters. The Hall–Kier alpha value is -1.69. The van der Waals surface area contributed by atoms with E-state index in [9.17, 15) is 14.4 Å². The molecule has 0 aliphatic heterocycles. The van der Waals surface area contributed by atoms with E-state index in [4.69, 9.17) is 14.2 Å². The van der Waals surface area contributed by atoms with Crippen molar-refractivity contribution in [1.82, 2.24) is 0 Å². The smallest absolute Gasteiger partial charge is 0.330 e. The fraction of sp³-hybridized carbons (Fsp3) is 0.828. The summed E-state index contributed by atoms with van der Waals surface area (Å²) in [5, 5.41) is 0. The van der Waals surface area contributed by atoms with Crippen molar-refractivity contribution in [3.8, 4) is 0 Å². The Kier molecular flexibility index (Phi) is 22.9. The summed E-state index contributed by atoms with van der Waals surface area (Å²) in [5.74, 6) is -0.734. The lowest BCUT2D eigenvalue weighted by Gasteiger charge is -2.31. The second-order valence-corrected chi connectivity index (χ2v) is 9.68. The molecule has 0 rings (SSSR count). The topological polar surface area (TPSA) is 78.9 Å². The Morgan fingerprint density at radius 1 is 0.743 bits per heavy atom. The molecule has 0 fully saturated rings. The molecule has 0 saturated heterocycles. The van der Waals surface area contributed by atoms with Crippen molar-refractivity contribution >= 4 is 18.2 Å². The molecular weight excluding hydrogens is 444 g/mol. The number of hydrogen-bond acceptors (Lipinski definition) is 6. The third-order valence-corrected chi connectivity index (χ3v) is 6.48. The van der Waals surface area contributed by atoms with Gasteiger partial charge in [-0.05, 0) is 25.7 Å². The van der Waals surface area contributed by atoms with Gasteiger partial charge in [0, 0.05) is 25.5 Å². The van der Waals surface area contributed by atoms with Crippen molar-refractivity contribution < 1.29 is 28.6 Å². The average Bonchev–Trinajstić information content (AvgIpc) is 2.87. The van der Waals surface area contributed by atoms with Gasteiger partial charge in [-0.25, -0.2) is 4.79 Å². The monoisotopic (exact) mass is 496 g/mol. The average molecular weight is 497 g/mol. The molecule has 0 aromatic rings. The highest BCUT2D eigenvalue weighted by Crippen LogP contribution is 2.25. The molecule has 0 radical (unpaired) electrons. The summed E-state index contributed by atoms with van der Waals surface area (Å²) in [6.07, 6.45) is 19.8. The molecule has 6 heteroatoms. The van der Waals surface area contributed by atoms with Gasteiger partial charge >= 0.3 is 11.9 Å². The first kappa shape index (κ1) is 33.3. The Labute approximate surface area is 214 Å². The molecule has 6 nitrogen and oxygen atoms in total. The van der Waals surface area contributed by atoms with E-state index >= 15 is 0 Å². The standard InChI is InChI=1S/C29H52O6/c1-4-7-8-9-10-11-12-13-17-20-23-33-24-29(6-3,25-34-27(31)5-2)26-35-28(32)21-18-15-14-16-19-22-30/h5,22H,2,4,6-21,23-26H2,1,3H3.